The monoisotopic (exact) mass is 364 g/mol. The Morgan fingerprint density at radius 2 is 1.16 bits per heavy atom. The Morgan fingerprint density at radius 1 is 0.895 bits per heavy atom. The summed E-state index contributed by atoms with van der Waals surface area (Å²) in [5.41, 5.74) is 12.2. The first-order chi connectivity index (χ1) is 8.69. The van der Waals surface area contributed by atoms with Gasteiger partial charge in [0.05, 0.1) is 0 Å². The Kier molecular flexibility index (Phi) is 25.4. The van der Waals surface area contributed by atoms with Gasteiger partial charge in [0.2, 0.25) is 0 Å². The first kappa shape index (κ1) is 23.9. The molecular formula is C12H30N6Pd. The van der Waals surface area contributed by atoms with Crippen LogP contribution in [0, 0.1) is 5.53 Å². The summed E-state index contributed by atoms with van der Waals surface area (Å²) in [6, 6.07) is 0. The van der Waals surface area contributed by atoms with E-state index in [-0.39, 0.29) is 20.4 Å². The van der Waals surface area contributed by atoms with Gasteiger partial charge in [-0.1, -0.05) is 27.7 Å². The van der Waals surface area contributed by atoms with Crippen molar-refractivity contribution in [2.45, 2.75) is 27.7 Å². The van der Waals surface area contributed by atoms with Gasteiger partial charge in [0.15, 0.2) is 0 Å². The molecule has 0 fully saturated rings. The van der Waals surface area contributed by atoms with Gasteiger partial charge in [-0.3, -0.25) is 0 Å². The van der Waals surface area contributed by atoms with Gasteiger partial charge in [-0.05, 0) is 36.6 Å². The number of rotatable bonds is 10. The Labute approximate surface area is 132 Å². The fraction of sp³-hybridized carbons (Fsp3) is 1.00. The van der Waals surface area contributed by atoms with Crippen molar-refractivity contribution in [2.24, 2.45) is 0 Å². The zero-order valence-electron chi connectivity index (χ0n) is 12.8. The molecule has 6 nitrogen and oxygen atoms in total. The van der Waals surface area contributed by atoms with E-state index in [9.17, 15) is 0 Å². The normalized spacial score (nSPS) is 9.58. The molecule has 0 aromatic rings. The standard InChI is InChI=1S/C12H29N3.HN3.Pd/c1-5-14(6-2)11-9-13-10-12-15(7-3)8-4;1-3-2;/h13H,5-12H2,1-4H3;1H;. The maximum Gasteiger partial charge on any atom is 0.0107 e. The van der Waals surface area contributed by atoms with Crippen LogP contribution in [0.25, 0.3) is 10.4 Å². The van der Waals surface area contributed by atoms with E-state index in [4.69, 9.17) is 11.1 Å². The zero-order valence-corrected chi connectivity index (χ0v) is 14.3. The van der Waals surface area contributed by atoms with Gasteiger partial charge < -0.3 is 15.1 Å². The van der Waals surface area contributed by atoms with E-state index in [1.165, 1.54) is 13.1 Å². The van der Waals surface area contributed by atoms with Crippen molar-refractivity contribution in [2.75, 3.05) is 52.4 Å². The molecule has 0 aromatic heterocycles. The van der Waals surface area contributed by atoms with Crippen molar-refractivity contribution in [3.8, 4) is 0 Å². The van der Waals surface area contributed by atoms with Crippen molar-refractivity contribution >= 4 is 0 Å². The summed E-state index contributed by atoms with van der Waals surface area (Å²) < 4.78 is 0. The summed E-state index contributed by atoms with van der Waals surface area (Å²) in [5.74, 6) is 0. The van der Waals surface area contributed by atoms with Gasteiger partial charge in [-0.15, -0.1) is 5.53 Å². The Balaban J connectivity index is -0.000000580. The second-order valence-electron chi connectivity index (χ2n) is 3.90. The molecule has 7 heteroatoms. The van der Waals surface area contributed by atoms with Crippen molar-refractivity contribution in [1.82, 2.24) is 15.1 Å². The molecule has 0 unspecified atom stereocenters. The van der Waals surface area contributed by atoms with Crippen molar-refractivity contribution in [3.63, 3.8) is 0 Å². The van der Waals surface area contributed by atoms with Crippen LogP contribution in [0.15, 0.2) is 0 Å². The molecule has 0 aliphatic carbocycles. The van der Waals surface area contributed by atoms with Crippen LogP contribution in [0.1, 0.15) is 27.7 Å². The predicted octanol–water partition coefficient (Wildman–Crippen LogP) is 2.13. The molecule has 0 saturated carbocycles. The molecule has 0 bridgehead atoms. The molecule has 118 valence electrons. The minimum Gasteiger partial charge on any atom is -0.314 e. The van der Waals surface area contributed by atoms with Crippen LogP contribution < -0.4 is 5.32 Å². The summed E-state index contributed by atoms with van der Waals surface area (Å²) >= 11 is 0. The van der Waals surface area contributed by atoms with E-state index < -0.39 is 0 Å². The molecule has 0 rings (SSSR count). The predicted molar refractivity (Wildman–Crippen MR) is 77.9 cm³/mol. The fourth-order valence-electron chi connectivity index (χ4n) is 1.68. The number of hydrogen-bond acceptors (Lipinski definition) is 4. The van der Waals surface area contributed by atoms with E-state index in [0.29, 0.717) is 0 Å². The smallest absolute Gasteiger partial charge is 0.0107 e. The summed E-state index contributed by atoms with van der Waals surface area (Å²) in [4.78, 5) is 6.65. The second-order valence-corrected chi connectivity index (χ2v) is 3.90. The van der Waals surface area contributed by atoms with E-state index in [1.807, 2.05) is 0 Å². The molecule has 2 N–H and O–H groups in total. The van der Waals surface area contributed by atoms with Gasteiger partial charge in [0.25, 0.3) is 0 Å². The topological polar surface area (TPSA) is 78.8 Å². The molecule has 0 atom stereocenters. The first-order valence-corrected chi connectivity index (χ1v) is 6.86. The second kappa shape index (κ2) is 20.2. The number of hydrogen-bond donors (Lipinski definition) is 2. The Hall–Kier alpha value is -0.148. The maximum absolute atomic E-state index is 6.86. The van der Waals surface area contributed by atoms with Crippen molar-refractivity contribution in [3.05, 3.63) is 10.4 Å². The molecule has 0 saturated heterocycles. The summed E-state index contributed by atoms with van der Waals surface area (Å²) in [6.45, 7) is 18.1. The minimum absolute atomic E-state index is 0. The largest absolute Gasteiger partial charge is 0.314 e. The van der Waals surface area contributed by atoms with Crippen molar-refractivity contribution in [1.29, 1.82) is 5.53 Å². The van der Waals surface area contributed by atoms with Gasteiger partial charge in [-0.2, -0.15) is 0 Å². The molecular weight excluding hydrogens is 335 g/mol. The van der Waals surface area contributed by atoms with E-state index in [1.54, 1.807) is 4.91 Å². The number of likely N-dealkylation sites (N-methyl/N-ethyl adjacent to an activating group) is 2. The maximum atomic E-state index is 6.86. The summed E-state index contributed by atoms with van der Waals surface area (Å²) in [7, 11) is 0. The molecule has 0 aliphatic heterocycles. The average molecular weight is 365 g/mol. The average Bonchev–Trinajstić information content (AvgIpc) is 2.39. The van der Waals surface area contributed by atoms with Crippen LogP contribution in [-0.4, -0.2) is 62.2 Å². The Bertz CT molecular complexity index is 175. The SMILES string of the molecule is CCN(CC)CCNCCN(CC)CC.[N-]=[N+]=N.[Pd]. The third-order valence-corrected chi connectivity index (χ3v) is 3.00. The molecule has 0 aliphatic rings. The first-order valence-electron chi connectivity index (χ1n) is 6.86. The van der Waals surface area contributed by atoms with E-state index >= 15 is 0 Å². The third kappa shape index (κ3) is 17.9. The van der Waals surface area contributed by atoms with Crippen LogP contribution in [0.5, 0.6) is 0 Å². The molecule has 0 heterocycles. The third-order valence-electron chi connectivity index (χ3n) is 3.00. The van der Waals surface area contributed by atoms with Gasteiger partial charge in [-0.25, -0.2) is 0 Å². The molecule has 0 spiro atoms. The summed E-state index contributed by atoms with van der Waals surface area (Å²) in [6.07, 6.45) is 0. The van der Waals surface area contributed by atoms with Gasteiger partial charge in [0.1, 0.15) is 0 Å². The minimum atomic E-state index is 0. The quantitative estimate of drug-likeness (QED) is 0.205. The molecule has 0 aromatic carbocycles. The molecule has 0 amide bonds. The fourth-order valence-corrected chi connectivity index (χ4v) is 1.68. The van der Waals surface area contributed by atoms with Crippen LogP contribution >= 0.6 is 0 Å². The van der Waals surface area contributed by atoms with Crippen LogP contribution in [0.4, 0.5) is 0 Å². The van der Waals surface area contributed by atoms with E-state index in [0.717, 1.165) is 39.3 Å². The number of nitrogens with zero attached hydrogens (tertiary/aromatic N) is 4. The zero-order chi connectivity index (χ0) is 14.2. The number of nitrogens with one attached hydrogen (secondary N) is 2. The summed E-state index contributed by atoms with van der Waals surface area (Å²) in [5, 5.41) is 3.50. The van der Waals surface area contributed by atoms with Crippen LogP contribution in [0.2, 0.25) is 0 Å². The Morgan fingerprint density at radius 3 is 1.37 bits per heavy atom. The van der Waals surface area contributed by atoms with Gasteiger partial charge >= 0.3 is 0 Å². The molecule has 19 heavy (non-hydrogen) atoms. The van der Waals surface area contributed by atoms with Crippen molar-refractivity contribution < 1.29 is 20.4 Å². The molecule has 0 radical (unpaired) electrons. The van der Waals surface area contributed by atoms with Gasteiger partial charge in [0, 0.05) is 46.6 Å². The van der Waals surface area contributed by atoms with Crippen LogP contribution in [-0.2, 0) is 20.4 Å². The van der Waals surface area contributed by atoms with E-state index in [2.05, 4.69) is 42.8 Å². The van der Waals surface area contributed by atoms with Crippen LogP contribution in [0.3, 0.4) is 0 Å².